The van der Waals surface area contributed by atoms with Crippen LogP contribution in [0.15, 0.2) is 47.1 Å². The van der Waals surface area contributed by atoms with Crippen molar-refractivity contribution >= 4 is 11.5 Å². The fraction of sp³-hybridized carbons (Fsp3) is 0.480. The molecule has 1 fully saturated rings. The molecular formula is C25H30O6. The first kappa shape index (κ1) is 21.7. The Morgan fingerprint density at radius 2 is 1.84 bits per heavy atom. The lowest BCUT2D eigenvalue weighted by Gasteiger charge is -2.47. The summed E-state index contributed by atoms with van der Waals surface area (Å²) in [6.07, 6.45) is 1.50. The van der Waals surface area contributed by atoms with Crippen LogP contribution in [-0.2, 0) is 9.53 Å². The van der Waals surface area contributed by atoms with Crippen molar-refractivity contribution in [3.8, 4) is 11.5 Å². The van der Waals surface area contributed by atoms with E-state index in [1.54, 1.807) is 6.07 Å². The maximum atomic E-state index is 13.7. The van der Waals surface area contributed by atoms with Crippen LogP contribution in [0.25, 0.3) is 5.76 Å². The second-order valence-corrected chi connectivity index (χ2v) is 9.23. The van der Waals surface area contributed by atoms with Gasteiger partial charge in [-0.3, -0.25) is 4.79 Å². The van der Waals surface area contributed by atoms with Crippen LogP contribution in [0.1, 0.15) is 46.1 Å². The zero-order valence-electron chi connectivity index (χ0n) is 18.3. The van der Waals surface area contributed by atoms with E-state index >= 15 is 0 Å². The highest BCUT2D eigenvalue weighted by Gasteiger charge is 2.54. The number of aliphatic hydroxyl groups excluding tert-OH is 2. The Morgan fingerprint density at radius 1 is 1.10 bits per heavy atom. The summed E-state index contributed by atoms with van der Waals surface area (Å²) in [5.74, 6) is -0.360. The number of benzene rings is 1. The molecule has 166 valence electrons. The van der Waals surface area contributed by atoms with Crippen LogP contribution in [-0.4, -0.2) is 45.5 Å². The predicted octanol–water partition coefficient (Wildman–Crippen LogP) is 3.51. The molecular weight excluding hydrogens is 396 g/mol. The monoisotopic (exact) mass is 426 g/mol. The Kier molecular flexibility index (Phi) is 5.71. The van der Waals surface area contributed by atoms with Gasteiger partial charge in [0.1, 0.15) is 29.5 Å². The van der Waals surface area contributed by atoms with E-state index in [9.17, 15) is 20.1 Å². The van der Waals surface area contributed by atoms with Crippen molar-refractivity contribution in [1.29, 1.82) is 0 Å². The van der Waals surface area contributed by atoms with Crippen LogP contribution < -0.4 is 4.74 Å². The van der Waals surface area contributed by atoms with Crippen LogP contribution >= 0.6 is 0 Å². The number of carbonyl (C=O) groups is 1. The van der Waals surface area contributed by atoms with Crippen molar-refractivity contribution in [2.45, 2.75) is 65.0 Å². The molecule has 1 aromatic rings. The lowest BCUT2D eigenvalue weighted by Crippen LogP contribution is -2.56. The van der Waals surface area contributed by atoms with Gasteiger partial charge in [-0.15, -0.1) is 0 Å². The number of phenolic OH excluding ortho intramolecular Hbond substituents is 1. The summed E-state index contributed by atoms with van der Waals surface area (Å²) in [5.41, 5.74) is 3.06. The first-order valence-electron chi connectivity index (χ1n) is 10.8. The van der Waals surface area contributed by atoms with Crippen LogP contribution in [0, 0.1) is 11.8 Å². The fourth-order valence-corrected chi connectivity index (χ4v) is 4.80. The molecule has 31 heavy (non-hydrogen) atoms. The average Bonchev–Trinajstić information content (AvgIpc) is 2.66. The Hall–Kier alpha value is -2.57. The average molecular weight is 427 g/mol. The van der Waals surface area contributed by atoms with Crippen molar-refractivity contribution in [2.24, 2.45) is 11.8 Å². The molecule has 4 rings (SSSR count). The van der Waals surface area contributed by atoms with Gasteiger partial charge in [-0.2, -0.15) is 0 Å². The standard InChI is InChI=1S/C25H30O6/c1-12(2)5-7-15-17(27)11-18(28)21-23(29)22-20(9-13(3)4)30-19-10-14(26)6-8-16(19)25(22)31-24(15)21/h5-6,8-10,15,17-18,20-21,24,26-28H,7,11H2,1-4H3. The third-order valence-electron chi connectivity index (χ3n) is 6.27. The first-order valence-corrected chi connectivity index (χ1v) is 10.8. The topological polar surface area (TPSA) is 96.2 Å². The van der Waals surface area contributed by atoms with Crippen molar-refractivity contribution in [1.82, 2.24) is 0 Å². The van der Waals surface area contributed by atoms with Crippen LogP contribution in [0.4, 0.5) is 0 Å². The molecule has 2 aliphatic heterocycles. The maximum absolute atomic E-state index is 13.7. The Balaban J connectivity index is 1.84. The van der Waals surface area contributed by atoms with Gasteiger partial charge in [-0.25, -0.2) is 0 Å². The molecule has 0 aromatic heterocycles. The van der Waals surface area contributed by atoms with E-state index in [2.05, 4.69) is 0 Å². The molecule has 0 saturated heterocycles. The largest absolute Gasteiger partial charge is 0.508 e. The van der Waals surface area contributed by atoms with E-state index in [1.807, 2.05) is 39.8 Å². The number of hydrogen-bond donors (Lipinski definition) is 3. The van der Waals surface area contributed by atoms with Gasteiger partial charge in [0.05, 0.1) is 29.3 Å². The summed E-state index contributed by atoms with van der Waals surface area (Å²) < 4.78 is 12.5. The predicted molar refractivity (Wildman–Crippen MR) is 116 cm³/mol. The van der Waals surface area contributed by atoms with Gasteiger partial charge in [0, 0.05) is 18.4 Å². The maximum Gasteiger partial charge on any atom is 0.176 e. The summed E-state index contributed by atoms with van der Waals surface area (Å²) in [7, 11) is 0. The molecule has 1 aromatic carbocycles. The number of rotatable bonds is 3. The molecule has 6 nitrogen and oxygen atoms in total. The SMILES string of the molecule is CC(C)=CCC1C(O)CC(O)C2C(=O)C3=C(OC12)c1ccc(O)cc1OC3C=C(C)C. The number of phenols is 1. The molecule has 0 spiro atoms. The molecule has 3 aliphatic rings. The summed E-state index contributed by atoms with van der Waals surface area (Å²) in [5, 5.41) is 31.4. The third kappa shape index (κ3) is 3.90. The number of carbonyl (C=O) groups excluding carboxylic acids is 1. The normalized spacial score (nSPS) is 31.5. The molecule has 6 heteroatoms. The van der Waals surface area contributed by atoms with E-state index < -0.39 is 30.3 Å². The minimum atomic E-state index is -0.988. The minimum absolute atomic E-state index is 0.0590. The molecule has 6 atom stereocenters. The van der Waals surface area contributed by atoms with Gasteiger partial charge in [0.15, 0.2) is 5.78 Å². The van der Waals surface area contributed by atoms with Gasteiger partial charge in [0.2, 0.25) is 0 Å². The number of Topliss-reactive ketones (excluding diaryl/α,β-unsaturated/α-hetero) is 1. The van der Waals surface area contributed by atoms with Gasteiger partial charge >= 0.3 is 0 Å². The second kappa shape index (κ2) is 8.17. The summed E-state index contributed by atoms with van der Waals surface area (Å²) in [6.45, 7) is 7.81. The summed E-state index contributed by atoms with van der Waals surface area (Å²) in [6, 6.07) is 4.71. The highest BCUT2D eigenvalue weighted by Crippen LogP contribution is 2.48. The van der Waals surface area contributed by atoms with Crippen LogP contribution in [0.2, 0.25) is 0 Å². The first-order chi connectivity index (χ1) is 14.7. The molecule has 6 unspecified atom stereocenters. The Labute approximate surface area is 182 Å². The quantitative estimate of drug-likeness (QED) is 0.640. The highest BCUT2D eigenvalue weighted by atomic mass is 16.5. The number of aliphatic hydroxyl groups is 2. The van der Waals surface area contributed by atoms with Gasteiger partial charge in [-0.1, -0.05) is 17.2 Å². The zero-order chi connectivity index (χ0) is 22.4. The van der Waals surface area contributed by atoms with Crippen LogP contribution in [0.5, 0.6) is 11.5 Å². The Bertz CT molecular complexity index is 980. The van der Waals surface area contributed by atoms with Crippen LogP contribution in [0.3, 0.4) is 0 Å². The molecule has 3 N–H and O–H groups in total. The lowest BCUT2D eigenvalue weighted by molar-refractivity contribution is -0.150. The second-order valence-electron chi connectivity index (χ2n) is 9.23. The van der Waals surface area contributed by atoms with Crippen molar-refractivity contribution in [3.05, 3.63) is 52.6 Å². The summed E-state index contributed by atoms with van der Waals surface area (Å²) in [4.78, 5) is 13.7. The molecule has 0 bridgehead atoms. The lowest BCUT2D eigenvalue weighted by atomic mass is 9.68. The van der Waals surface area contributed by atoms with E-state index in [4.69, 9.17) is 9.47 Å². The van der Waals surface area contributed by atoms with Gasteiger partial charge < -0.3 is 24.8 Å². The van der Waals surface area contributed by atoms with E-state index in [1.165, 1.54) is 12.1 Å². The number of ketones is 1. The van der Waals surface area contributed by atoms with E-state index in [0.29, 0.717) is 29.1 Å². The van der Waals surface area contributed by atoms with E-state index in [0.717, 1.165) is 11.1 Å². The van der Waals surface area contributed by atoms with E-state index in [-0.39, 0.29) is 23.9 Å². The number of ether oxygens (including phenoxy) is 2. The number of aromatic hydroxyl groups is 1. The minimum Gasteiger partial charge on any atom is -0.508 e. The smallest absolute Gasteiger partial charge is 0.176 e. The third-order valence-corrected chi connectivity index (χ3v) is 6.27. The van der Waals surface area contributed by atoms with Gasteiger partial charge in [0.25, 0.3) is 0 Å². The highest BCUT2D eigenvalue weighted by molar-refractivity contribution is 6.07. The van der Waals surface area contributed by atoms with Crippen molar-refractivity contribution < 1.29 is 29.6 Å². The molecule has 0 amide bonds. The van der Waals surface area contributed by atoms with Gasteiger partial charge in [-0.05, 0) is 52.3 Å². The van der Waals surface area contributed by atoms with Crippen molar-refractivity contribution in [2.75, 3.05) is 0 Å². The number of allylic oxidation sites excluding steroid dienone is 3. The zero-order valence-corrected chi connectivity index (χ0v) is 18.3. The summed E-state index contributed by atoms with van der Waals surface area (Å²) >= 11 is 0. The number of hydrogen-bond acceptors (Lipinski definition) is 6. The Morgan fingerprint density at radius 3 is 2.52 bits per heavy atom. The molecule has 0 radical (unpaired) electrons. The number of fused-ring (bicyclic) bond motifs is 3. The fourth-order valence-electron chi connectivity index (χ4n) is 4.80. The molecule has 2 heterocycles. The molecule has 1 saturated carbocycles. The van der Waals surface area contributed by atoms with Crippen molar-refractivity contribution in [3.63, 3.8) is 0 Å². The molecule has 1 aliphatic carbocycles.